The first kappa shape index (κ1) is 14.7. The summed E-state index contributed by atoms with van der Waals surface area (Å²) in [5.41, 5.74) is 1.95. The third kappa shape index (κ3) is 3.64. The topological polar surface area (TPSA) is 56.0 Å². The Kier molecular flexibility index (Phi) is 4.86. The molecule has 0 aliphatic heterocycles. The van der Waals surface area contributed by atoms with Gasteiger partial charge in [0.15, 0.2) is 0 Å². The second-order valence-corrected chi connectivity index (χ2v) is 5.10. The summed E-state index contributed by atoms with van der Waals surface area (Å²) >= 11 is 11.8. The van der Waals surface area contributed by atoms with E-state index >= 15 is 0 Å². The number of aliphatic hydroxyl groups is 1. The molecular weight excluding hydrogens is 295 g/mol. The Balaban J connectivity index is 2.01. The molecule has 0 aliphatic carbocycles. The molecule has 1 atom stereocenters. The molecule has 0 amide bonds. The van der Waals surface area contributed by atoms with E-state index in [4.69, 9.17) is 28.5 Å². The van der Waals surface area contributed by atoms with Crippen molar-refractivity contribution in [3.05, 3.63) is 63.6 Å². The third-order valence-corrected chi connectivity index (χ3v) is 3.40. The summed E-state index contributed by atoms with van der Waals surface area (Å²) in [6, 6.07) is 14.0. The van der Waals surface area contributed by atoms with Gasteiger partial charge in [-0.25, -0.2) is 0 Å². The standard InChI is InChI=1S/C15H12Cl2N2O/c16-12-4-2-11(3-5-12)15(20)9-19-14-6-1-10(8-18)7-13(14)17/h1-7,15,19-20H,9H2. The zero-order valence-corrected chi connectivity index (χ0v) is 12.0. The zero-order chi connectivity index (χ0) is 14.5. The lowest BCUT2D eigenvalue weighted by Gasteiger charge is -2.14. The van der Waals surface area contributed by atoms with Gasteiger partial charge in [0.1, 0.15) is 0 Å². The summed E-state index contributed by atoms with van der Waals surface area (Å²) < 4.78 is 0. The Labute approximate surface area is 127 Å². The van der Waals surface area contributed by atoms with Crippen molar-refractivity contribution in [3.63, 3.8) is 0 Å². The van der Waals surface area contributed by atoms with Crippen LogP contribution in [0.2, 0.25) is 10.0 Å². The molecular formula is C15H12Cl2N2O. The van der Waals surface area contributed by atoms with Crippen molar-refractivity contribution in [2.45, 2.75) is 6.10 Å². The zero-order valence-electron chi connectivity index (χ0n) is 10.5. The molecule has 2 rings (SSSR count). The fraction of sp³-hybridized carbons (Fsp3) is 0.133. The van der Waals surface area contributed by atoms with Crippen molar-refractivity contribution < 1.29 is 5.11 Å². The van der Waals surface area contributed by atoms with Gasteiger partial charge in [0.05, 0.1) is 28.4 Å². The molecule has 0 spiro atoms. The van der Waals surface area contributed by atoms with Crippen molar-refractivity contribution in [2.75, 3.05) is 11.9 Å². The summed E-state index contributed by atoms with van der Waals surface area (Å²) in [6.45, 7) is 0.313. The number of anilines is 1. The van der Waals surface area contributed by atoms with E-state index in [2.05, 4.69) is 5.32 Å². The molecule has 102 valence electrons. The minimum absolute atomic E-state index is 0.313. The molecule has 20 heavy (non-hydrogen) atoms. The number of nitriles is 1. The van der Waals surface area contributed by atoms with Crippen LogP contribution in [-0.4, -0.2) is 11.7 Å². The minimum atomic E-state index is -0.668. The van der Waals surface area contributed by atoms with Crippen molar-refractivity contribution >= 4 is 28.9 Å². The quantitative estimate of drug-likeness (QED) is 0.897. The molecule has 2 aromatic rings. The van der Waals surface area contributed by atoms with Gasteiger partial charge in [-0.15, -0.1) is 0 Å². The van der Waals surface area contributed by atoms with Gasteiger partial charge in [0.2, 0.25) is 0 Å². The SMILES string of the molecule is N#Cc1ccc(NCC(O)c2ccc(Cl)cc2)c(Cl)c1. The highest BCUT2D eigenvalue weighted by Gasteiger charge is 2.08. The number of hydrogen-bond acceptors (Lipinski definition) is 3. The molecule has 2 aromatic carbocycles. The molecule has 1 unspecified atom stereocenters. The molecule has 0 fully saturated rings. The Morgan fingerprint density at radius 2 is 1.85 bits per heavy atom. The highest BCUT2D eigenvalue weighted by Crippen LogP contribution is 2.24. The lowest BCUT2D eigenvalue weighted by atomic mass is 10.1. The van der Waals surface area contributed by atoms with Gasteiger partial charge >= 0.3 is 0 Å². The van der Waals surface area contributed by atoms with Crippen molar-refractivity contribution in [1.82, 2.24) is 0 Å². The molecule has 0 radical (unpaired) electrons. The van der Waals surface area contributed by atoms with E-state index in [0.29, 0.717) is 27.8 Å². The maximum absolute atomic E-state index is 10.1. The molecule has 5 heteroatoms. The molecule has 2 N–H and O–H groups in total. The number of benzene rings is 2. The summed E-state index contributed by atoms with van der Waals surface area (Å²) in [7, 11) is 0. The molecule has 0 heterocycles. The number of aliphatic hydroxyl groups excluding tert-OH is 1. The monoisotopic (exact) mass is 306 g/mol. The average molecular weight is 307 g/mol. The van der Waals surface area contributed by atoms with Crippen LogP contribution in [0.3, 0.4) is 0 Å². The normalized spacial score (nSPS) is 11.7. The number of rotatable bonds is 4. The van der Waals surface area contributed by atoms with Crippen LogP contribution in [-0.2, 0) is 0 Å². The van der Waals surface area contributed by atoms with Crippen LogP contribution in [0.15, 0.2) is 42.5 Å². The van der Waals surface area contributed by atoms with E-state index in [1.165, 1.54) is 0 Å². The fourth-order valence-electron chi connectivity index (χ4n) is 1.74. The molecule has 0 bridgehead atoms. The number of nitrogens with zero attached hydrogens (tertiary/aromatic N) is 1. The summed E-state index contributed by atoms with van der Waals surface area (Å²) in [5, 5.41) is 23.0. The van der Waals surface area contributed by atoms with E-state index < -0.39 is 6.10 Å². The maximum atomic E-state index is 10.1. The Hall–Kier alpha value is -1.73. The van der Waals surface area contributed by atoms with Gasteiger partial charge in [-0.3, -0.25) is 0 Å². The van der Waals surface area contributed by atoms with E-state index in [-0.39, 0.29) is 0 Å². The van der Waals surface area contributed by atoms with Crippen molar-refractivity contribution in [2.24, 2.45) is 0 Å². The summed E-state index contributed by atoms with van der Waals surface area (Å²) in [4.78, 5) is 0. The van der Waals surface area contributed by atoms with Gasteiger partial charge in [-0.05, 0) is 35.9 Å². The highest BCUT2D eigenvalue weighted by molar-refractivity contribution is 6.33. The van der Waals surface area contributed by atoms with Crippen LogP contribution in [0.1, 0.15) is 17.2 Å². The second-order valence-electron chi connectivity index (χ2n) is 4.25. The van der Waals surface area contributed by atoms with E-state index in [0.717, 1.165) is 5.56 Å². The number of nitrogens with one attached hydrogen (secondary N) is 1. The first-order valence-corrected chi connectivity index (χ1v) is 6.73. The van der Waals surface area contributed by atoms with E-state index in [1.54, 1.807) is 42.5 Å². The molecule has 0 aromatic heterocycles. The van der Waals surface area contributed by atoms with E-state index in [9.17, 15) is 5.11 Å². The highest BCUT2D eigenvalue weighted by atomic mass is 35.5. The van der Waals surface area contributed by atoms with Crippen LogP contribution in [0.25, 0.3) is 0 Å². The predicted octanol–water partition coefficient (Wildman–Crippen LogP) is 4.01. The smallest absolute Gasteiger partial charge is 0.0992 e. The Morgan fingerprint density at radius 3 is 2.45 bits per heavy atom. The molecule has 0 saturated carbocycles. The van der Waals surface area contributed by atoms with E-state index in [1.807, 2.05) is 6.07 Å². The first-order chi connectivity index (χ1) is 9.60. The predicted molar refractivity (Wildman–Crippen MR) is 81.1 cm³/mol. The number of halogens is 2. The third-order valence-electron chi connectivity index (χ3n) is 2.84. The maximum Gasteiger partial charge on any atom is 0.0992 e. The second kappa shape index (κ2) is 6.62. The largest absolute Gasteiger partial charge is 0.387 e. The van der Waals surface area contributed by atoms with Gasteiger partial charge in [0, 0.05) is 11.6 Å². The van der Waals surface area contributed by atoms with Gasteiger partial charge in [-0.1, -0.05) is 35.3 Å². The number of hydrogen-bond donors (Lipinski definition) is 2. The molecule has 3 nitrogen and oxygen atoms in total. The molecule has 0 saturated heterocycles. The van der Waals surface area contributed by atoms with Crippen molar-refractivity contribution in [1.29, 1.82) is 5.26 Å². The lowest BCUT2D eigenvalue weighted by molar-refractivity contribution is 0.191. The minimum Gasteiger partial charge on any atom is -0.387 e. The van der Waals surface area contributed by atoms with Gasteiger partial charge < -0.3 is 10.4 Å². The Bertz CT molecular complexity index is 635. The average Bonchev–Trinajstić information content (AvgIpc) is 2.46. The van der Waals surface area contributed by atoms with Crippen LogP contribution in [0, 0.1) is 11.3 Å². The van der Waals surface area contributed by atoms with Gasteiger partial charge in [0.25, 0.3) is 0 Å². The first-order valence-electron chi connectivity index (χ1n) is 5.97. The lowest BCUT2D eigenvalue weighted by Crippen LogP contribution is -2.12. The van der Waals surface area contributed by atoms with Crippen LogP contribution in [0.5, 0.6) is 0 Å². The van der Waals surface area contributed by atoms with Crippen LogP contribution < -0.4 is 5.32 Å². The summed E-state index contributed by atoms with van der Waals surface area (Å²) in [5.74, 6) is 0. The summed E-state index contributed by atoms with van der Waals surface area (Å²) in [6.07, 6.45) is -0.668. The molecule has 0 aliphatic rings. The Morgan fingerprint density at radius 1 is 1.15 bits per heavy atom. The van der Waals surface area contributed by atoms with Crippen molar-refractivity contribution in [3.8, 4) is 6.07 Å². The van der Waals surface area contributed by atoms with Crippen LogP contribution in [0.4, 0.5) is 5.69 Å². The fourth-order valence-corrected chi connectivity index (χ4v) is 2.11. The van der Waals surface area contributed by atoms with Gasteiger partial charge in [-0.2, -0.15) is 5.26 Å². The van der Waals surface area contributed by atoms with Crippen LogP contribution >= 0.6 is 23.2 Å².